The molecule has 0 unspecified atom stereocenters. The first kappa shape index (κ1) is 8.78. The summed E-state index contributed by atoms with van der Waals surface area (Å²) in [5.74, 6) is 0. The van der Waals surface area contributed by atoms with Crippen molar-refractivity contribution in [3.8, 4) is 0 Å². The van der Waals surface area contributed by atoms with Crippen LogP contribution in [0.5, 0.6) is 0 Å². The van der Waals surface area contributed by atoms with Crippen molar-refractivity contribution >= 4 is 40.5 Å². The number of nitrogens with zero attached hydrogens (tertiary/aromatic N) is 1. The van der Waals surface area contributed by atoms with Gasteiger partial charge in [0.15, 0.2) is 5.69 Å². The van der Waals surface area contributed by atoms with E-state index < -0.39 is 0 Å². The van der Waals surface area contributed by atoms with E-state index in [9.17, 15) is 0 Å². The molecule has 0 aliphatic heterocycles. The van der Waals surface area contributed by atoms with Crippen LogP contribution < -0.4 is 5.11 Å². The highest BCUT2D eigenvalue weighted by Crippen LogP contribution is 2.31. The van der Waals surface area contributed by atoms with Gasteiger partial charge in [-0.25, -0.2) is 0 Å². The van der Waals surface area contributed by atoms with Crippen LogP contribution in [0.3, 0.4) is 0 Å². The Kier molecular flexibility index (Phi) is 2.71. The van der Waals surface area contributed by atoms with Crippen LogP contribution in [-0.2, 0) is 0 Å². The summed E-state index contributed by atoms with van der Waals surface area (Å²) in [5.41, 5.74) is 8.87. The van der Waals surface area contributed by atoms with Gasteiger partial charge in [-0.3, -0.25) is 5.11 Å². The lowest BCUT2D eigenvalue weighted by Crippen LogP contribution is -2.54. The van der Waals surface area contributed by atoms with Crippen molar-refractivity contribution < 1.29 is 5.11 Å². The van der Waals surface area contributed by atoms with E-state index in [-0.39, 0.29) is 5.02 Å². The highest BCUT2D eigenvalue weighted by atomic mass is 35.5. The van der Waals surface area contributed by atoms with Crippen LogP contribution in [0, 0.1) is 0 Å². The maximum Gasteiger partial charge on any atom is 0.195 e. The van der Waals surface area contributed by atoms with Gasteiger partial charge in [0, 0.05) is 12.1 Å². The molecule has 5 heteroatoms. The predicted molar refractivity (Wildman–Crippen MR) is 45.5 cm³/mol. The molecule has 0 fully saturated rings. The highest BCUT2D eigenvalue weighted by molar-refractivity contribution is 6.48. The molecule has 0 atom stereocenters. The number of rotatable bonds is 1. The summed E-state index contributed by atoms with van der Waals surface area (Å²) >= 11 is 16.9. The van der Waals surface area contributed by atoms with E-state index in [4.69, 9.17) is 40.3 Å². The minimum Gasteiger partial charge on any atom is -0.502 e. The van der Waals surface area contributed by atoms with E-state index in [2.05, 4.69) is 0 Å². The van der Waals surface area contributed by atoms with Crippen molar-refractivity contribution in [3.63, 3.8) is 0 Å². The fourth-order valence-electron chi connectivity index (χ4n) is 0.620. The third kappa shape index (κ3) is 1.83. The summed E-state index contributed by atoms with van der Waals surface area (Å²) in [7, 11) is 0. The van der Waals surface area contributed by atoms with Crippen LogP contribution in [0.1, 0.15) is 0 Å². The van der Waals surface area contributed by atoms with Crippen LogP contribution in [0.15, 0.2) is 12.1 Å². The van der Waals surface area contributed by atoms with Gasteiger partial charge >= 0.3 is 0 Å². The summed E-state index contributed by atoms with van der Waals surface area (Å²) in [4.78, 5) is 0. The molecule has 0 spiro atoms. The Labute approximate surface area is 78.6 Å². The molecule has 0 radical (unpaired) electrons. The normalized spacial score (nSPS) is 9.73. The zero-order valence-electron chi connectivity index (χ0n) is 5.24. The monoisotopic (exact) mass is 208 g/mol. The van der Waals surface area contributed by atoms with Crippen molar-refractivity contribution in [3.05, 3.63) is 32.7 Å². The summed E-state index contributed by atoms with van der Waals surface area (Å²) in [6.07, 6.45) is 0. The lowest BCUT2D eigenvalue weighted by atomic mass is 10.3. The van der Waals surface area contributed by atoms with Gasteiger partial charge in [-0.05, 0) is 0 Å². The van der Waals surface area contributed by atoms with Crippen molar-refractivity contribution in [2.75, 3.05) is 0 Å². The molecule has 0 aromatic heterocycles. The minimum atomic E-state index is 0.285. The SMILES string of the molecule is [N-]=[NH+]c1cc(Cl)c(Cl)c(Cl)c1. The Morgan fingerprint density at radius 2 is 1.55 bits per heavy atom. The summed E-state index contributed by atoms with van der Waals surface area (Å²) in [6.45, 7) is 0. The highest BCUT2D eigenvalue weighted by Gasteiger charge is 2.06. The fourth-order valence-corrected chi connectivity index (χ4v) is 1.22. The standard InChI is InChI=1S/C6H3Cl3N2/c7-4-1-3(11-10)2-5(8)6(4)9/h1-2,11H. The second kappa shape index (κ2) is 3.39. The van der Waals surface area contributed by atoms with Gasteiger partial charge in [0.1, 0.15) is 0 Å². The Morgan fingerprint density at radius 3 is 1.91 bits per heavy atom. The van der Waals surface area contributed by atoms with Gasteiger partial charge in [0.25, 0.3) is 0 Å². The second-order valence-electron chi connectivity index (χ2n) is 1.87. The van der Waals surface area contributed by atoms with Crippen molar-refractivity contribution in [2.24, 2.45) is 0 Å². The molecule has 2 nitrogen and oxygen atoms in total. The van der Waals surface area contributed by atoms with E-state index in [0.717, 1.165) is 0 Å². The Balaban J connectivity index is 3.31. The van der Waals surface area contributed by atoms with E-state index in [1.807, 2.05) is 5.11 Å². The fraction of sp³-hybridized carbons (Fsp3) is 0. The third-order valence-corrected chi connectivity index (χ3v) is 2.31. The molecular formula is C6H3Cl3N2. The summed E-state index contributed by atoms with van der Waals surface area (Å²) in [6, 6.07) is 2.94. The minimum absolute atomic E-state index is 0.285. The van der Waals surface area contributed by atoms with E-state index in [1.54, 1.807) is 0 Å². The number of hydrogen-bond acceptors (Lipinski definition) is 0. The number of nitrogens with one attached hydrogen (secondary N) is 1. The van der Waals surface area contributed by atoms with Gasteiger partial charge in [-0.1, -0.05) is 34.8 Å². The zero-order chi connectivity index (χ0) is 8.43. The Hall–Kier alpha value is -0.310. The Morgan fingerprint density at radius 1 is 1.09 bits per heavy atom. The lowest BCUT2D eigenvalue weighted by Gasteiger charge is -1.97. The molecule has 1 rings (SSSR count). The van der Waals surface area contributed by atoms with Gasteiger partial charge in [0.05, 0.1) is 15.1 Å². The third-order valence-electron chi connectivity index (χ3n) is 1.11. The number of benzene rings is 1. The molecule has 0 heterocycles. The van der Waals surface area contributed by atoms with Gasteiger partial charge in [-0.15, -0.1) is 0 Å². The quantitative estimate of drug-likeness (QED) is 0.545. The first-order valence-corrected chi connectivity index (χ1v) is 3.83. The van der Waals surface area contributed by atoms with Crippen LogP contribution >= 0.6 is 34.8 Å². The molecule has 0 bridgehead atoms. The maximum absolute atomic E-state index is 8.47. The molecule has 11 heavy (non-hydrogen) atoms. The molecule has 58 valence electrons. The topological polar surface area (TPSA) is 36.3 Å². The van der Waals surface area contributed by atoms with Gasteiger partial charge in [0.2, 0.25) is 0 Å². The number of hydrogen-bond donors (Lipinski definition) is 1. The van der Waals surface area contributed by atoms with Crippen molar-refractivity contribution in [2.45, 2.75) is 0 Å². The van der Waals surface area contributed by atoms with Crippen LogP contribution in [0.25, 0.3) is 5.53 Å². The van der Waals surface area contributed by atoms with Crippen molar-refractivity contribution in [1.29, 1.82) is 0 Å². The second-order valence-corrected chi connectivity index (χ2v) is 3.06. The molecule has 0 saturated carbocycles. The molecule has 0 aliphatic carbocycles. The van der Waals surface area contributed by atoms with Crippen LogP contribution in [0.2, 0.25) is 15.1 Å². The Bertz CT molecular complexity index is 275. The van der Waals surface area contributed by atoms with Crippen molar-refractivity contribution in [1.82, 2.24) is 0 Å². The first-order valence-electron chi connectivity index (χ1n) is 2.70. The molecule has 0 saturated heterocycles. The van der Waals surface area contributed by atoms with E-state index >= 15 is 0 Å². The average molecular weight is 209 g/mol. The molecule has 1 aromatic rings. The van der Waals surface area contributed by atoms with E-state index in [1.165, 1.54) is 12.1 Å². The average Bonchev–Trinajstić information content (AvgIpc) is 1.99. The van der Waals surface area contributed by atoms with E-state index in [0.29, 0.717) is 15.7 Å². The maximum atomic E-state index is 8.47. The largest absolute Gasteiger partial charge is 0.502 e. The van der Waals surface area contributed by atoms with Crippen LogP contribution in [0.4, 0.5) is 5.69 Å². The zero-order valence-corrected chi connectivity index (χ0v) is 7.50. The summed E-state index contributed by atoms with van der Waals surface area (Å²) in [5, 5.41) is 2.80. The molecule has 0 amide bonds. The molecule has 1 N–H and O–H groups in total. The molecule has 0 aliphatic rings. The summed E-state index contributed by atoms with van der Waals surface area (Å²) < 4.78 is 0. The molecule has 1 aromatic carbocycles. The molecular weight excluding hydrogens is 206 g/mol. The lowest BCUT2D eigenvalue weighted by molar-refractivity contribution is -0.379. The van der Waals surface area contributed by atoms with Gasteiger partial charge < -0.3 is 5.53 Å². The number of halogens is 3. The smallest absolute Gasteiger partial charge is 0.195 e. The van der Waals surface area contributed by atoms with Crippen LogP contribution in [-0.4, -0.2) is 0 Å². The van der Waals surface area contributed by atoms with Gasteiger partial charge in [-0.2, -0.15) is 0 Å². The predicted octanol–water partition coefficient (Wildman–Crippen LogP) is 2.38. The first-order chi connectivity index (χ1) is 5.15.